The minimum absolute atomic E-state index is 0.325. The maximum Gasteiger partial charge on any atom is 0.325 e. The molecule has 0 saturated carbocycles. The minimum atomic E-state index is -1.93. The van der Waals surface area contributed by atoms with Gasteiger partial charge in [-0.05, 0) is 52.5 Å². The van der Waals surface area contributed by atoms with Crippen LogP contribution in [0.3, 0.4) is 0 Å². The van der Waals surface area contributed by atoms with Crippen LogP contribution in [0.2, 0.25) is 0 Å². The van der Waals surface area contributed by atoms with Gasteiger partial charge >= 0.3 is 17.9 Å². The first-order valence-electron chi connectivity index (χ1n) is 16.2. The van der Waals surface area contributed by atoms with Gasteiger partial charge in [-0.15, -0.1) is 0 Å². The third kappa shape index (κ3) is 17.6. The highest BCUT2D eigenvalue weighted by atomic mass is 16.4. The fourth-order valence-corrected chi connectivity index (χ4v) is 4.32. The molecule has 0 heterocycles. The number of rotatable bonds is 24. The lowest BCUT2D eigenvalue weighted by Crippen LogP contribution is -2.61. The van der Waals surface area contributed by atoms with E-state index in [9.17, 15) is 58.5 Å². The van der Waals surface area contributed by atoms with Gasteiger partial charge in [0, 0.05) is 6.42 Å². The smallest absolute Gasteiger partial charge is 0.325 e. The molecule has 0 fully saturated rings. The third-order valence-electron chi connectivity index (χ3n) is 7.39. The maximum atomic E-state index is 13.4. The summed E-state index contributed by atoms with van der Waals surface area (Å²) in [7, 11) is 0. The molecule has 0 aromatic heterocycles. The molecule has 0 unspecified atom stereocenters. The van der Waals surface area contributed by atoms with Crippen LogP contribution in [0.1, 0.15) is 73.1 Å². The molecule has 0 aromatic rings. The van der Waals surface area contributed by atoms with Gasteiger partial charge in [0.25, 0.3) is 0 Å². The Bertz CT molecular complexity index is 1260. The van der Waals surface area contributed by atoms with E-state index in [0.29, 0.717) is 25.8 Å². The van der Waals surface area contributed by atoms with Crippen molar-refractivity contribution in [2.24, 2.45) is 17.4 Å². The molecule has 51 heavy (non-hydrogen) atoms. The molecule has 8 atom stereocenters. The fourth-order valence-electron chi connectivity index (χ4n) is 4.32. The minimum Gasteiger partial charge on any atom is -0.481 e. The molecular formula is C30H52N8O13. The molecule has 14 N–H and O–H groups in total. The van der Waals surface area contributed by atoms with E-state index >= 15 is 0 Å². The Hall–Kier alpha value is -4.89. The van der Waals surface area contributed by atoms with E-state index in [1.165, 1.54) is 6.92 Å². The van der Waals surface area contributed by atoms with Crippen molar-refractivity contribution < 1.29 is 63.6 Å². The summed E-state index contributed by atoms with van der Waals surface area (Å²) in [6, 6.07) is -10.2. The standard InChI is InChI=1S/C30H52N8O13/c1-13(2)22(37-24(44)14(3)33-25(45)17(32)8-6-7-11-31)28(48)35-18(9-10-20(40)41)26(46)36-19(12-21(42)43)27(47)38-23(16(5)39)29(49)34-15(4)30(50)51/h13-19,22-23,39H,6-12,31-32H2,1-5H3,(H,33,45)(H,34,49)(H,35,48)(H,36,46)(H,37,44)(H,38,47)(H,40,41)(H,42,43)(H,50,51)/t14-,15-,16+,17-,18-,19-,22-,23-/m0/s1. The van der Waals surface area contributed by atoms with Gasteiger partial charge in [-0.2, -0.15) is 0 Å². The highest BCUT2D eigenvalue weighted by Gasteiger charge is 2.35. The molecule has 21 nitrogen and oxygen atoms in total. The largest absolute Gasteiger partial charge is 0.481 e. The first-order valence-corrected chi connectivity index (χ1v) is 16.2. The molecule has 0 aliphatic carbocycles. The second-order valence-electron chi connectivity index (χ2n) is 12.3. The lowest BCUT2D eigenvalue weighted by atomic mass is 10.0. The molecule has 0 saturated heterocycles. The molecule has 0 aliphatic heterocycles. The molecule has 290 valence electrons. The normalized spacial score (nSPS) is 15.7. The van der Waals surface area contributed by atoms with Gasteiger partial charge in [-0.1, -0.05) is 20.3 Å². The van der Waals surface area contributed by atoms with Crippen LogP contribution in [0, 0.1) is 5.92 Å². The van der Waals surface area contributed by atoms with Crippen LogP contribution >= 0.6 is 0 Å². The van der Waals surface area contributed by atoms with Gasteiger partial charge < -0.3 is 63.8 Å². The Kier molecular flexibility index (Phi) is 20.6. The molecule has 0 bridgehead atoms. The summed E-state index contributed by atoms with van der Waals surface area (Å²) < 4.78 is 0. The monoisotopic (exact) mass is 732 g/mol. The van der Waals surface area contributed by atoms with Gasteiger partial charge in [0.1, 0.15) is 36.3 Å². The number of nitrogens with one attached hydrogen (secondary N) is 6. The van der Waals surface area contributed by atoms with Crippen LogP contribution in [0.4, 0.5) is 0 Å². The second-order valence-corrected chi connectivity index (χ2v) is 12.3. The Morgan fingerprint density at radius 1 is 0.569 bits per heavy atom. The zero-order valence-electron chi connectivity index (χ0n) is 29.3. The van der Waals surface area contributed by atoms with E-state index in [2.05, 4.69) is 26.6 Å². The lowest BCUT2D eigenvalue weighted by Gasteiger charge is -2.28. The van der Waals surface area contributed by atoms with Crippen molar-refractivity contribution in [3.63, 3.8) is 0 Å². The van der Waals surface area contributed by atoms with Gasteiger partial charge in [0.2, 0.25) is 35.4 Å². The van der Waals surface area contributed by atoms with Crippen molar-refractivity contribution in [2.75, 3.05) is 6.54 Å². The molecule has 0 spiro atoms. The van der Waals surface area contributed by atoms with Gasteiger partial charge in [0.15, 0.2) is 0 Å². The predicted octanol–water partition coefficient (Wildman–Crippen LogP) is -4.15. The molecule has 0 aromatic carbocycles. The van der Waals surface area contributed by atoms with Crippen molar-refractivity contribution >= 4 is 53.4 Å². The molecule has 21 heteroatoms. The van der Waals surface area contributed by atoms with Crippen LogP contribution in [0.25, 0.3) is 0 Å². The van der Waals surface area contributed by atoms with E-state index in [1.54, 1.807) is 13.8 Å². The van der Waals surface area contributed by atoms with Gasteiger partial charge in [0.05, 0.1) is 18.6 Å². The zero-order chi connectivity index (χ0) is 39.6. The Morgan fingerprint density at radius 2 is 1.08 bits per heavy atom. The number of carboxylic acid groups (broad SMARTS) is 3. The number of amides is 6. The van der Waals surface area contributed by atoms with E-state index in [-0.39, 0.29) is 0 Å². The van der Waals surface area contributed by atoms with Crippen LogP contribution in [0.15, 0.2) is 0 Å². The van der Waals surface area contributed by atoms with Gasteiger partial charge in [-0.25, -0.2) is 0 Å². The predicted molar refractivity (Wildman–Crippen MR) is 177 cm³/mol. The quantitative estimate of drug-likeness (QED) is 0.0419. The molecule has 0 aliphatic rings. The topological polar surface area (TPSA) is 359 Å². The highest BCUT2D eigenvalue weighted by Crippen LogP contribution is 2.08. The zero-order valence-corrected chi connectivity index (χ0v) is 29.3. The average molecular weight is 733 g/mol. The van der Waals surface area contributed by atoms with Crippen molar-refractivity contribution in [3.05, 3.63) is 0 Å². The number of unbranched alkanes of at least 4 members (excludes halogenated alkanes) is 1. The fraction of sp³-hybridized carbons (Fsp3) is 0.700. The summed E-state index contributed by atoms with van der Waals surface area (Å²) >= 11 is 0. The summed E-state index contributed by atoms with van der Waals surface area (Å²) in [5.74, 6) is -11.0. The van der Waals surface area contributed by atoms with E-state index in [4.69, 9.17) is 16.6 Å². The van der Waals surface area contributed by atoms with Gasteiger partial charge in [-0.3, -0.25) is 43.2 Å². The number of aliphatic carboxylic acids is 3. The summed E-state index contributed by atoms with van der Waals surface area (Å²) in [6.45, 7) is 7.06. The van der Waals surface area contributed by atoms with Crippen molar-refractivity contribution in [3.8, 4) is 0 Å². The molecule has 0 rings (SSSR count). The second kappa shape index (κ2) is 22.8. The van der Waals surface area contributed by atoms with Crippen LogP contribution in [0.5, 0.6) is 0 Å². The number of aliphatic hydroxyl groups excluding tert-OH is 1. The number of hydrogen-bond donors (Lipinski definition) is 12. The first-order chi connectivity index (χ1) is 23.6. The van der Waals surface area contributed by atoms with E-state index in [0.717, 1.165) is 13.8 Å². The average Bonchev–Trinajstić information content (AvgIpc) is 3.02. The number of carbonyl (C=O) groups is 9. The van der Waals surface area contributed by atoms with Crippen molar-refractivity contribution in [1.29, 1.82) is 0 Å². The number of aliphatic hydroxyl groups is 1. The number of carbonyl (C=O) groups excluding carboxylic acids is 6. The van der Waals surface area contributed by atoms with Crippen LogP contribution in [-0.2, 0) is 43.2 Å². The summed E-state index contributed by atoms with van der Waals surface area (Å²) in [6.07, 6.45) is -2.34. The number of carboxylic acids is 3. The third-order valence-corrected chi connectivity index (χ3v) is 7.39. The maximum absolute atomic E-state index is 13.4. The first kappa shape index (κ1) is 46.1. The summed E-state index contributed by atoms with van der Waals surface area (Å²) in [4.78, 5) is 112. The number of hydrogen-bond acceptors (Lipinski definition) is 12. The van der Waals surface area contributed by atoms with Crippen LogP contribution < -0.4 is 43.4 Å². The van der Waals surface area contributed by atoms with Crippen molar-refractivity contribution in [2.45, 2.75) is 122 Å². The Labute approximate surface area is 294 Å². The molecule has 0 radical (unpaired) electrons. The van der Waals surface area contributed by atoms with Crippen molar-refractivity contribution in [1.82, 2.24) is 31.9 Å². The summed E-state index contributed by atoms with van der Waals surface area (Å²) in [5.41, 5.74) is 11.3. The number of nitrogens with two attached hydrogens (primary N) is 2. The lowest BCUT2D eigenvalue weighted by molar-refractivity contribution is -0.143. The highest BCUT2D eigenvalue weighted by molar-refractivity contribution is 5.98. The van der Waals surface area contributed by atoms with Crippen LogP contribution in [-0.4, -0.2) is 129 Å². The molecule has 6 amide bonds. The Balaban J connectivity index is 5.98. The van der Waals surface area contributed by atoms with E-state index < -0.39 is 127 Å². The summed E-state index contributed by atoms with van der Waals surface area (Å²) in [5, 5.41) is 51.1. The molecular weight excluding hydrogens is 680 g/mol. The SMILES string of the molecule is CC(C)[C@H](NC(=O)[C@H](C)NC(=O)[C@@H](N)CCCCN)C(=O)N[C@@H](CCC(=O)O)C(=O)N[C@@H](CC(=O)O)C(=O)N[C@H](C(=O)N[C@@H](C)C(=O)O)[C@@H](C)O. The Morgan fingerprint density at radius 3 is 1.57 bits per heavy atom. The van der Waals surface area contributed by atoms with E-state index in [1.807, 2.05) is 5.32 Å².